The first-order valence-electron chi connectivity index (χ1n) is 10.2. The van der Waals surface area contributed by atoms with Crippen molar-refractivity contribution < 1.29 is 31.2 Å². The largest absolute Gasteiger partial charge is 0.434 e. The number of halogens is 2. The zero-order chi connectivity index (χ0) is 23.6. The summed E-state index contributed by atoms with van der Waals surface area (Å²) >= 11 is 0. The summed E-state index contributed by atoms with van der Waals surface area (Å²) in [5, 5.41) is 14.1. The van der Waals surface area contributed by atoms with Crippen LogP contribution in [-0.4, -0.2) is 53.9 Å². The van der Waals surface area contributed by atoms with E-state index in [4.69, 9.17) is 4.18 Å². The van der Waals surface area contributed by atoms with Gasteiger partial charge in [-0.3, -0.25) is 4.18 Å². The number of para-hydroxylation sites is 1. The summed E-state index contributed by atoms with van der Waals surface area (Å²) in [7, 11) is -2.70. The zero-order valence-corrected chi connectivity index (χ0v) is 18.4. The van der Waals surface area contributed by atoms with Crippen LogP contribution in [0.25, 0.3) is 11.0 Å². The van der Waals surface area contributed by atoms with Crippen molar-refractivity contribution in [2.45, 2.75) is 44.2 Å². The molecule has 0 amide bonds. The van der Waals surface area contributed by atoms with Gasteiger partial charge in [-0.15, -0.1) is 0 Å². The van der Waals surface area contributed by atoms with Crippen LogP contribution in [0.4, 0.5) is 14.6 Å². The third-order valence-corrected chi connectivity index (χ3v) is 6.49. The molecule has 33 heavy (non-hydrogen) atoms. The molecule has 0 aliphatic heterocycles. The lowest BCUT2D eigenvalue weighted by Gasteiger charge is -2.15. The molecule has 0 saturated heterocycles. The van der Waals surface area contributed by atoms with Crippen molar-refractivity contribution in [1.82, 2.24) is 19.3 Å². The molecule has 2 aromatic heterocycles. The number of aliphatic hydroxyl groups is 1. The Hall–Kier alpha value is -2.87. The number of nitrogens with one attached hydrogen (secondary N) is 2. The monoisotopic (exact) mass is 483 g/mol. The molecule has 4 rings (SSSR count). The Kier molecular flexibility index (Phi) is 6.74. The van der Waals surface area contributed by atoms with Crippen molar-refractivity contribution in [3.8, 4) is 5.75 Å². The first-order chi connectivity index (χ1) is 15.8. The molecular weight excluding hydrogens is 460 g/mol. The standard InChI is InChI=1S/C20H23F2N5O5S/c1-23-33(29,30)32-17-9-13(8-15(17)28)27-7-6-14-18(25-11-26-19(14)27)24-10-12-4-2-3-5-16(12)31-20(21)22/h2-7,11,13,15,17,20,23,28H,8-10H2,1H3,(H,24,25,26)/t13-,15+,17+/m1/s1. The Morgan fingerprint density at radius 3 is 2.79 bits per heavy atom. The summed E-state index contributed by atoms with van der Waals surface area (Å²) in [6, 6.07) is 8.03. The second-order valence-corrected chi connectivity index (χ2v) is 9.02. The van der Waals surface area contributed by atoms with Crippen molar-refractivity contribution in [1.29, 1.82) is 0 Å². The number of hydrogen-bond donors (Lipinski definition) is 3. The van der Waals surface area contributed by atoms with Crippen LogP contribution in [0.15, 0.2) is 42.9 Å². The van der Waals surface area contributed by atoms with Gasteiger partial charge in [-0.1, -0.05) is 18.2 Å². The zero-order valence-electron chi connectivity index (χ0n) is 17.6. The van der Waals surface area contributed by atoms with E-state index < -0.39 is 29.1 Å². The minimum atomic E-state index is -3.93. The van der Waals surface area contributed by atoms with Gasteiger partial charge in [0.05, 0.1) is 11.5 Å². The molecule has 1 aliphatic rings. The van der Waals surface area contributed by atoms with E-state index in [-0.39, 0.29) is 24.8 Å². The lowest BCUT2D eigenvalue weighted by atomic mass is 10.2. The van der Waals surface area contributed by atoms with Gasteiger partial charge in [0.15, 0.2) is 0 Å². The fourth-order valence-corrected chi connectivity index (χ4v) is 4.57. The van der Waals surface area contributed by atoms with Crippen LogP contribution in [0, 0.1) is 0 Å². The number of aliphatic hydroxyl groups excluding tert-OH is 1. The van der Waals surface area contributed by atoms with Gasteiger partial charge in [-0.2, -0.15) is 21.9 Å². The van der Waals surface area contributed by atoms with Crippen molar-refractivity contribution in [2.75, 3.05) is 12.4 Å². The Labute approximate surface area is 188 Å². The van der Waals surface area contributed by atoms with Crippen LogP contribution >= 0.6 is 0 Å². The average Bonchev–Trinajstić information content (AvgIpc) is 3.36. The number of fused-ring (bicyclic) bond motifs is 1. The molecule has 3 aromatic rings. The number of aromatic nitrogens is 3. The average molecular weight is 483 g/mol. The van der Waals surface area contributed by atoms with Gasteiger partial charge in [0.1, 0.15) is 29.6 Å². The quantitative estimate of drug-likeness (QED) is 0.423. The van der Waals surface area contributed by atoms with Gasteiger partial charge < -0.3 is 19.7 Å². The van der Waals surface area contributed by atoms with Gasteiger partial charge >= 0.3 is 16.9 Å². The minimum Gasteiger partial charge on any atom is -0.434 e. The predicted octanol–water partition coefficient (Wildman–Crippen LogP) is 2.19. The molecule has 0 unspecified atom stereocenters. The minimum absolute atomic E-state index is 0.0744. The number of anilines is 1. The van der Waals surface area contributed by atoms with Gasteiger partial charge in [0, 0.05) is 31.4 Å². The van der Waals surface area contributed by atoms with E-state index in [0.717, 1.165) is 0 Å². The summed E-state index contributed by atoms with van der Waals surface area (Å²) in [5.74, 6) is 0.570. The molecule has 1 fully saturated rings. The molecule has 0 spiro atoms. The maximum absolute atomic E-state index is 12.7. The van der Waals surface area contributed by atoms with Crippen LogP contribution in [-0.2, 0) is 21.0 Å². The van der Waals surface area contributed by atoms with Crippen LogP contribution in [0.2, 0.25) is 0 Å². The highest BCUT2D eigenvalue weighted by atomic mass is 32.2. The highest BCUT2D eigenvalue weighted by Crippen LogP contribution is 2.36. The highest BCUT2D eigenvalue weighted by molar-refractivity contribution is 7.84. The lowest BCUT2D eigenvalue weighted by Crippen LogP contribution is -2.31. The third kappa shape index (κ3) is 5.21. The maximum atomic E-state index is 12.7. The van der Waals surface area contributed by atoms with Gasteiger partial charge in [0.2, 0.25) is 0 Å². The first-order valence-corrected chi connectivity index (χ1v) is 11.6. The van der Waals surface area contributed by atoms with Gasteiger partial charge in [-0.25, -0.2) is 9.97 Å². The van der Waals surface area contributed by atoms with Crippen LogP contribution in [0.3, 0.4) is 0 Å². The van der Waals surface area contributed by atoms with Crippen LogP contribution < -0.4 is 14.8 Å². The van der Waals surface area contributed by atoms with E-state index in [1.807, 2.05) is 4.57 Å². The summed E-state index contributed by atoms with van der Waals surface area (Å²) < 4.78 is 62.2. The molecule has 1 aliphatic carbocycles. The van der Waals surface area contributed by atoms with E-state index >= 15 is 0 Å². The topological polar surface area (TPSA) is 128 Å². The summed E-state index contributed by atoms with van der Waals surface area (Å²) in [6.45, 7) is -2.73. The molecule has 178 valence electrons. The second kappa shape index (κ2) is 9.55. The number of benzene rings is 1. The van der Waals surface area contributed by atoms with Crippen molar-refractivity contribution >= 4 is 27.2 Å². The Morgan fingerprint density at radius 2 is 2.03 bits per heavy atom. The van der Waals surface area contributed by atoms with E-state index in [1.165, 1.54) is 19.4 Å². The molecule has 2 heterocycles. The maximum Gasteiger partial charge on any atom is 0.387 e. The molecule has 13 heteroatoms. The molecule has 10 nitrogen and oxygen atoms in total. The predicted molar refractivity (Wildman–Crippen MR) is 115 cm³/mol. The Balaban J connectivity index is 1.52. The molecule has 0 bridgehead atoms. The highest BCUT2D eigenvalue weighted by Gasteiger charge is 2.38. The van der Waals surface area contributed by atoms with E-state index in [2.05, 4.69) is 24.7 Å². The summed E-state index contributed by atoms with van der Waals surface area (Å²) in [4.78, 5) is 8.59. The Bertz CT molecular complexity index is 1220. The van der Waals surface area contributed by atoms with E-state index in [9.17, 15) is 22.3 Å². The lowest BCUT2D eigenvalue weighted by molar-refractivity contribution is -0.0504. The van der Waals surface area contributed by atoms with E-state index in [0.29, 0.717) is 28.8 Å². The summed E-state index contributed by atoms with van der Waals surface area (Å²) in [6.07, 6.45) is 1.88. The summed E-state index contributed by atoms with van der Waals surface area (Å²) in [5.41, 5.74) is 1.12. The molecule has 0 radical (unpaired) electrons. The van der Waals surface area contributed by atoms with Crippen molar-refractivity contribution in [2.24, 2.45) is 0 Å². The number of nitrogens with zero attached hydrogens (tertiary/aromatic N) is 3. The van der Waals surface area contributed by atoms with Gasteiger partial charge in [-0.05, 0) is 25.0 Å². The fourth-order valence-electron chi connectivity index (χ4n) is 3.94. The number of rotatable bonds is 9. The third-order valence-electron chi connectivity index (χ3n) is 5.48. The molecule has 3 N–H and O–H groups in total. The first kappa shape index (κ1) is 23.3. The normalized spacial score (nSPS) is 21.1. The number of alkyl halides is 2. The van der Waals surface area contributed by atoms with Crippen molar-refractivity contribution in [3.63, 3.8) is 0 Å². The smallest absolute Gasteiger partial charge is 0.387 e. The van der Waals surface area contributed by atoms with E-state index in [1.54, 1.807) is 30.5 Å². The molecule has 1 saturated carbocycles. The SMILES string of the molecule is CNS(=O)(=O)O[C@H]1C[C@H](n2ccc3c(NCc4ccccc4OC(F)F)ncnc32)C[C@@H]1O. The van der Waals surface area contributed by atoms with Crippen LogP contribution in [0.5, 0.6) is 5.75 Å². The van der Waals surface area contributed by atoms with Gasteiger partial charge in [0.25, 0.3) is 0 Å². The van der Waals surface area contributed by atoms with Crippen LogP contribution in [0.1, 0.15) is 24.4 Å². The second-order valence-electron chi connectivity index (χ2n) is 7.51. The fraction of sp³-hybridized carbons (Fsp3) is 0.400. The van der Waals surface area contributed by atoms with Crippen molar-refractivity contribution in [3.05, 3.63) is 48.4 Å². The number of hydrogen-bond acceptors (Lipinski definition) is 8. The Morgan fingerprint density at radius 1 is 1.24 bits per heavy atom. The molecular formula is C20H23F2N5O5S. The number of ether oxygens (including phenoxy) is 1. The molecule has 3 atom stereocenters. The molecule has 1 aromatic carbocycles.